The van der Waals surface area contributed by atoms with E-state index in [0.29, 0.717) is 6.42 Å². The lowest BCUT2D eigenvalue weighted by molar-refractivity contribution is -0.146. The zero-order valence-corrected chi connectivity index (χ0v) is 11.8. The van der Waals surface area contributed by atoms with Gasteiger partial charge in [0.1, 0.15) is 0 Å². The first kappa shape index (κ1) is 14.9. The van der Waals surface area contributed by atoms with Gasteiger partial charge in [0.15, 0.2) is 11.6 Å². The van der Waals surface area contributed by atoms with Crippen LogP contribution >= 0.6 is 0 Å². The van der Waals surface area contributed by atoms with Gasteiger partial charge in [0.25, 0.3) is 0 Å². The average Bonchev–Trinajstić information content (AvgIpc) is 2.33. The molecule has 20 heavy (non-hydrogen) atoms. The Bertz CT molecular complexity index is 511. The molecule has 0 aliphatic heterocycles. The van der Waals surface area contributed by atoms with E-state index in [1.54, 1.807) is 6.07 Å². The first-order chi connectivity index (χ1) is 9.30. The predicted molar refractivity (Wildman–Crippen MR) is 72.3 cm³/mol. The van der Waals surface area contributed by atoms with Crippen molar-refractivity contribution in [2.75, 3.05) is 0 Å². The van der Waals surface area contributed by atoms with Gasteiger partial charge in [-0.15, -0.1) is 0 Å². The molecule has 2 atom stereocenters. The molecule has 0 radical (unpaired) electrons. The summed E-state index contributed by atoms with van der Waals surface area (Å²) in [5, 5.41) is 9.31. The van der Waals surface area contributed by atoms with E-state index in [2.05, 4.69) is 13.8 Å². The number of hydrogen-bond acceptors (Lipinski definition) is 1. The monoisotopic (exact) mass is 282 g/mol. The lowest BCUT2D eigenvalue weighted by Crippen LogP contribution is -2.35. The third-order valence-electron chi connectivity index (χ3n) is 4.35. The van der Waals surface area contributed by atoms with Gasteiger partial charge in [0.2, 0.25) is 0 Å². The van der Waals surface area contributed by atoms with E-state index < -0.39 is 23.5 Å². The topological polar surface area (TPSA) is 37.3 Å². The maximum Gasteiger partial charge on any atom is 0.306 e. The Hall–Kier alpha value is -1.45. The van der Waals surface area contributed by atoms with E-state index in [0.717, 1.165) is 18.9 Å². The van der Waals surface area contributed by atoms with E-state index in [9.17, 15) is 18.7 Å². The summed E-state index contributed by atoms with van der Waals surface area (Å²) in [7, 11) is 0. The van der Waals surface area contributed by atoms with Crippen LogP contribution in [0.25, 0.3) is 0 Å². The van der Waals surface area contributed by atoms with Gasteiger partial charge in [-0.3, -0.25) is 4.79 Å². The highest BCUT2D eigenvalue weighted by molar-refractivity contribution is 5.70. The van der Waals surface area contributed by atoms with E-state index in [1.807, 2.05) is 0 Å². The summed E-state index contributed by atoms with van der Waals surface area (Å²) in [4.78, 5) is 11.4. The quantitative estimate of drug-likeness (QED) is 0.908. The van der Waals surface area contributed by atoms with Crippen molar-refractivity contribution >= 4 is 5.97 Å². The Morgan fingerprint density at radius 1 is 1.40 bits per heavy atom. The van der Waals surface area contributed by atoms with E-state index in [-0.39, 0.29) is 23.3 Å². The number of halogens is 2. The van der Waals surface area contributed by atoms with Gasteiger partial charge in [-0.05, 0) is 48.6 Å². The summed E-state index contributed by atoms with van der Waals surface area (Å²) >= 11 is 0. The minimum Gasteiger partial charge on any atom is -0.481 e. The summed E-state index contributed by atoms with van der Waals surface area (Å²) in [6.07, 6.45) is 2.46. The SMILES string of the molecule is CC1(C)CCC(C(=O)O)C(Cc2cccc(F)c2F)C1. The molecular weight excluding hydrogens is 262 g/mol. The molecule has 0 bridgehead atoms. The molecule has 0 aromatic heterocycles. The van der Waals surface area contributed by atoms with Crippen molar-refractivity contribution in [3.8, 4) is 0 Å². The lowest BCUT2D eigenvalue weighted by atomic mass is 9.65. The molecule has 1 aliphatic rings. The first-order valence-corrected chi connectivity index (χ1v) is 6.96. The van der Waals surface area contributed by atoms with Gasteiger partial charge >= 0.3 is 5.97 Å². The van der Waals surface area contributed by atoms with Crippen LogP contribution in [-0.4, -0.2) is 11.1 Å². The van der Waals surface area contributed by atoms with Crippen LogP contribution in [0.15, 0.2) is 18.2 Å². The maximum absolute atomic E-state index is 13.8. The molecule has 1 aromatic rings. The van der Waals surface area contributed by atoms with Crippen LogP contribution < -0.4 is 0 Å². The minimum atomic E-state index is -0.871. The largest absolute Gasteiger partial charge is 0.481 e. The molecule has 2 rings (SSSR count). The second kappa shape index (κ2) is 5.51. The van der Waals surface area contributed by atoms with Crippen molar-refractivity contribution in [3.63, 3.8) is 0 Å². The normalized spacial score (nSPS) is 25.4. The molecule has 110 valence electrons. The van der Waals surface area contributed by atoms with Crippen LogP contribution in [0, 0.1) is 28.9 Å². The highest BCUT2D eigenvalue weighted by Crippen LogP contribution is 2.43. The summed E-state index contributed by atoms with van der Waals surface area (Å²) in [5.74, 6) is -3.16. The highest BCUT2D eigenvalue weighted by atomic mass is 19.2. The molecule has 0 saturated heterocycles. The van der Waals surface area contributed by atoms with Gasteiger partial charge in [-0.25, -0.2) is 8.78 Å². The molecule has 0 heterocycles. The lowest BCUT2D eigenvalue weighted by Gasteiger charge is -2.39. The van der Waals surface area contributed by atoms with Crippen LogP contribution in [0.1, 0.15) is 38.7 Å². The van der Waals surface area contributed by atoms with Gasteiger partial charge in [0, 0.05) is 0 Å². The van der Waals surface area contributed by atoms with Crippen molar-refractivity contribution in [1.29, 1.82) is 0 Å². The van der Waals surface area contributed by atoms with Crippen molar-refractivity contribution in [1.82, 2.24) is 0 Å². The molecule has 1 N–H and O–H groups in total. The number of aliphatic carboxylic acids is 1. The fourth-order valence-corrected chi connectivity index (χ4v) is 3.26. The summed E-state index contributed by atoms with van der Waals surface area (Å²) in [5.41, 5.74) is 0.333. The Balaban J connectivity index is 2.23. The standard InChI is InChI=1S/C16H20F2O2/c1-16(2)7-6-12(15(19)20)11(9-16)8-10-4-3-5-13(17)14(10)18/h3-5,11-12H,6-9H2,1-2H3,(H,19,20). The molecule has 1 aromatic carbocycles. The Labute approximate surface area is 117 Å². The Morgan fingerprint density at radius 2 is 2.10 bits per heavy atom. The first-order valence-electron chi connectivity index (χ1n) is 6.96. The molecular formula is C16H20F2O2. The van der Waals surface area contributed by atoms with Crippen molar-refractivity contribution in [2.45, 2.75) is 39.5 Å². The summed E-state index contributed by atoms with van der Waals surface area (Å²) in [6, 6.07) is 4.09. The number of benzene rings is 1. The number of carboxylic acid groups (broad SMARTS) is 1. The molecule has 1 aliphatic carbocycles. The second-order valence-electron chi connectivity index (χ2n) is 6.53. The molecule has 2 nitrogen and oxygen atoms in total. The molecule has 1 fully saturated rings. The van der Waals surface area contributed by atoms with Crippen LogP contribution in [0.3, 0.4) is 0 Å². The van der Waals surface area contributed by atoms with E-state index in [1.165, 1.54) is 6.07 Å². The fourth-order valence-electron chi connectivity index (χ4n) is 3.26. The predicted octanol–water partition coefficient (Wildman–Crippen LogP) is 4.03. The summed E-state index contributed by atoms with van der Waals surface area (Å²) < 4.78 is 27.0. The number of carbonyl (C=O) groups is 1. The fraction of sp³-hybridized carbons (Fsp3) is 0.562. The van der Waals surface area contributed by atoms with Gasteiger partial charge in [-0.1, -0.05) is 26.0 Å². The van der Waals surface area contributed by atoms with E-state index in [4.69, 9.17) is 0 Å². The van der Waals surface area contributed by atoms with Crippen LogP contribution in [0.2, 0.25) is 0 Å². The van der Waals surface area contributed by atoms with Gasteiger partial charge in [0.05, 0.1) is 5.92 Å². The number of hydrogen-bond donors (Lipinski definition) is 1. The van der Waals surface area contributed by atoms with Crippen molar-refractivity contribution in [3.05, 3.63) is 35.4 Å². The minimum absolute atomic E-state index is 0.0560. The molecule has 0 amide bonds. The van der Waals surface area contributed by atoms with E-state index >= 15 is 0 Å². The Kier molecular flexibility index (Phi) is 4.11. The number of carboxylic acids is 1. The third-order valence-corrected chi connectivity index (χ3v) is 4.35. The van der Waals surface area contributed by atoms with Crippen LogP contribution in [0.5, 0.6) is 0 Å². The molecule has 2 unspecified atom stereocenters. The van der Waals surface area contributed by atoms with Gasteiger partial charge < -0.3 is 5.11 Å². The van der Waals surface area contributed by atoms with Gasteiger partial charge in [-0.2, -0.15) is 0 Å². The zero-order chi connectivity index (χ0) is 14.9. The van der Waals surface area contributed by atoms with Crippen LogP contribution in [-0.2, 0) is 11.2 Å². The maximum atomic E-state index is 13.8. The smallest absolute Gasteiger partial charge is 0.306 e. The number of rotatable bonds is 3. The average molecular weight is 282 g/mol. The third kappa shape index (κ3) is 3.17. The van der Waals surface area contributed by atoms with Crippen LogP contribution in [0.4, 0.5) is 8.78 Å². The molecule has 1 saturated carbocycles. The Morgan fingerprint density at radius 3 is 2.75 bits per heavy atom. The molecule has 0 spiro atoms. The zero-order valence-electron chi connectivity index (χ0n) is 11.8. The van der Waals surface area contributed by atoms with Crippen molar-refractivity contribution in [2.24, 2.45) is 17.3 Å². The van der Waals surface area contributed by atoms with Crippen molar-refractivity contribution < 1.29 is 18.7 Å². The summed E-state index contributed by atoms with van der Waals surface area (Å²) in [6.45, 7) is 4.19. The molecule has 4 heteroatoms. The second-order valence-corrected chi connectivity index (χ2v) is 6.53. The highest BCUT2D eigenvalue weighted by Gasteiger charge is 2.38.